The average molecular weight is 660 g/mol. The van der Waals surface area contributed by atoms with Crippen LogP contribution in [0, 0.1) is 0 Å². The minimum absolute atomic E-state index is 0.0412. The fraction of sp³-hybridized carbons (Fsp3) is 0.385. The number of carbonyl (C=O) groups is 3. The molecule has 10 heteroatoms. The van der Waals surface area contributed by atoms with Gasteiger partial charge in [0.1, 0.15) is 23.9 Å². The van der Waals surface area contributed by atoms with Crippen molar-refractivity contribution in [2.24, 2.45) is 11.5 Å². The average Bonchev–Trinajstić information content (AvgIpc) is 3.96. The van der Waals surface area contributed by atoms with Crippen LogP contribution in [-0.2, 0) is 14.4 Å². The SMILES string of the molecule is NC(C(=O)N1CCCC1C(=O)N1CCC(c2ccc(-c3cnc(C4CCCN4C(=O)[C@H](N)c4ccccc4)[nH]3)cc2)CC1)c1ccccc1. The van der Waals surface area contributed by atoms with E-state index in [1.807, 2.05) is 76.7 Å². The van der Waals surface area contributed by atoms with Crippen molar-refractivity contribution in [1.82, 2.24) is 24.7 Å². The number of nitrogens with one attached hydrogen (secondary N) is 1. The largest absolute Gasteiger partial charge is 0.341 e. The predicted octanol–water partition coefficient (Wildman–Crippen LogP) is 4.84. The third-order valence-electron chi connectivity index (χ3n) is 10.6. The number of hydrogen-bond acceptors (Lipinski definition) is 6. The van der Waals surface area contributed by atoms with Crippen molar-refractivity contribution in [3.63, 3.8) is 0 Å². The molecule has 3 amide bonds. The molecule has 254 valence electrons. The van der Waals surface area contributed by atoms with Gasteiger partial charge in [0.2, 0.25) is 17.7 Å². The summed E-state index contributed by atoms with van der Waals surface area (Å²) in [6.07, 6.45) is 6.84. The summed E-state index contributed by atoms with van der Waals surface area (Å²) in [5, 5.41) is 0. The summed E-state index contributed by atoms with van der Waals surface area (Å²) in [6.45, 7) is 2.57. The van der Waals surface area contributed by atoms with Crippen LogP contribution in [0.1, 0.15) is 85.1 Å². The minimum atomic E-state index is -0.762. The number of piperidine rings is 1. The summed E-state index contributed by atoms with van der Waals surface area (Å²) < 4.78 is 0. The number of likely N-dealkylation sites (tertiary alicyclic amines) is 3. The zero-order valence-electron chi connectivity index (χ0n) is 27.8. The van der Waals surface area contributed by atoms with E-state index in [0.717, 1.165) is 60.3 Å². The number of rotatable bonds is 8. The number of imidazole rings is 1. The molecule has 0 aliphatic carbocycles. The fourth-order valence-corrected chi connectivity index (χ4v) is 7.80. The molecule has 10 nitrogen and oxygen atoms in total. The molecule has 3 aliphatic heterocycles. The summed E-state index contributed by atoms with van der Waals surface area (Å²) in [4.78, 5) is 53.9. The number of H-pyrrole nitrogens is 1. The second kappa shape index (κ2) is 14.4. The highest BCUT2D eigenvalue weighted by molar-refractivity contribution is 5.91. The molecule has 49 heavy (non-hydrogen) atoms. The summed E-state index contributed by atoms with van der Waals surface area (Å²) in [7, 11) is 0. The van der Waals surface area contributed by atoms with Crippen molar-refractivity contribution in [1.29, 1.82) is 0 Å². The lowest BCUT2D eigenvalue weighted by Gasteiger charge is -2.36. The van der Waals surface area contributed by atoms with Crippen LogP contribution in [0.5, 0.6) is 0 Å². The van der Waals surface area contributed by atoms with Gasteiger partial charge in [-0.1, -0.05) is 84.9 Å². The molecule has 0 spiro atoms. The van der Waals surface area contributed by atoms with Gasteiger partial charge in [-0.25, -0.2) is 4.98 Å². The summed E-state index contributed by atoms with van der Waals surface area (Å²) in [5.41, 5.74) is 17.5. The Bertz CT molecular complexity index is 1750. The molecule has 0 bridgehead atoms. The highest BCUT2D eigenvalue weighted by Crippen LogP contribution is 2.35. The first-order valence-corrected chi connectivity index (χ1v) is 17.5. The van der Waals surface area contributed by atoms with E-state index < -0.39 is 18.1 Å². The van der Waals surface area contributed by atoms with Gasteiger partial charge in [-0.15, -0.1) is 0 Å². The van der Waals surface area contributed by atoms with Crippen LogP contribution in [0.15, 0.2) is 91.1 Å². The lowest BCUT2D eigenvalue weighted by molar-refractivity contribution is -0.145. The lowest BCUT2D eigenvalue weighted by Crippen LogP contribution is -2.51. The van der Waals surface area contributed by atoms with E-state index in [0.29, 0.717) is 38.5 Å². The van der Waals surface area contributed by atoms with Gasteiger partial charge >= 0.3 is 0 Å². The van der Waals surface area contributed by atoms with E-state index in [-0.39, 0.29) is 23.8 Å². The van der Waals surface area contributed by atoms with E-state index in [9.17, 15) is 14.4 Å². The topological polar surface area (TPSA) is 142 Å². The quantitative estimate of drug-likeness (QED) is 0.247. The molecule has 3 saturated heterocycles. The molecule has 3 aromatic carbocycles. The number of aromatic nitrogens is 2. The van der Waals surface area contributed by atoms with Crippen LogP contribution in [-0.4, -0.2) is 74.6 Å². The minimum Gasteiger partial charge on any atom is -0.341 e. The third-order valence-corrected chi connectivity index (χ3v) is 10.6. The van der Waals surface area contributed by atoms with Crippen LogP contribution >= 0.6 is 0 Å². The molecule has 5 N–H and O–H groups in total. The van der Waals surface area contributed by atoms with E-state index in [1.54, 1.807) is 4.90 Å². The number of carbonyl (C=O) groups excluding carboxylic acids is 3. The molecule has 3 aliphatic rings. The third kappa shape index (κ3) is 6.75. The molecule has 0 saturated carbocycles. The van der Waals surface area contributed by atoms with E-state index >= 15 is 0 Å². The van der Waals surface area contributed by atoms with Crippen LogP contribution in [0.3, 0.4) is 0 Å². The number of amides is 3. The Morgan fingerprint density at radius 1 is 0.694 bits per heavy atom. The maximum Gasteiger partial charge on any atom is 0.245 e. The summed E-state index contributed by atoms with van der Waals surface area (Å²) >= 11 is 0. The zero-order valence-corrected chi connectivity index (χ0v) is 27.8. The highest BCUT2D eigenvalue weighted by Gasteiger charge is 2.39. The Balaban J connectivity index is 0.944. The Morgan fingerprint density at radius 2 is 1.27 bits per heavy atom. The molecule has 0 radical (unpaired) electrons. The predicted molar refractivity (Wildman–Crippen MR) is 188 cm³/mol. The molecular formula is C39H45N7O3. The molecule has 3 fully saturated rings. The van der Waals surface area contributed by atoms with Gasteiger partial charge in [0.05, 0.1) is 17.9 Å². The second-order valence-electron chi connectivity index (χ2n) is 13.6. The van der Waals surface area contributed by atoms with Crippen molar-refractivity contribution in [3.8, 4) is 11.3 Å². The Morgan fingerprint density at radius 3 is 1.90 bits per heavy atom. The van der Waals surface area contributed by atoms with Crippen molar-refractivity contribution < 1.29 is 14.4 Å². The van der Waals surface area contributed by atoms with E-state index in [4.69, 9.17) is 16.5 Å². The molecule has 1 aromatic heterocycles. The number of benzene rings is 3. The van der Waals surface area contributed by atoms with Crippen molar-refractivity contribution in [2.75, 3.05) is 26.2 Å². The van der Waals surface area contributed by atoms with Gasteiger partial charge in [0.25, 0.3) is 0 Å². The van der Waals surface area contributed by atoms with Gasteiger partial charge in [0, 0.05) is 26.2 Å². The summed E-state index contributed by atoms with van der Waals surface area (Å²) in [6, 6.07) is 25.4. The molecule has 3 unspecified atom stereocenters. The van der Waals surface area contributed by atoms with Gasteiger partial charge in [0.15, 0.2) is 0 Å². The summed E-state index contributed by atoms with van der Waals surface area (Å²) in [5.74, 6) is 0.925. The monoisotopic (exact) mass is 659 g/mol. The fourth-order valence-electron chi connectivity index (χ4n) is 7.80. The Kier molecular flexibility index (Phi) is 9.59. The maximum absolute atomic E-state index is 13.6. The number of nitrogens with two attached hydrogens (primary N) is 2. The van der Waals surface area contributed by atoms with Crippen molar-refractivity contribution >= 4 is 17.7 Å². The van der Waals surface area contributed by atoms with Crippen LogP contribution in [0.2, 0.25) is 0 Å². The van der Waals surface area contributed by atoms with E-state index in [1.165, 1.54) is 5.56 Å². The van der Waals surface area contributed by atoms with Gasteiger partial charge in [-0.2, -0.15) is 0 Å². The molecule has 4 atom stereocenters. The molecule has 4 aromatic rings. The molecular weight excluding hydrogens is 614 g/mol. The number of hydrogen-bond donors (Lipinski definition) is 3. The van der Waals surface area contributed by atoms with Gasteiger partial charge in [-0.3, -0.25) is 14.4 Å². The molecule has 4 heterocycles. The maximum atomic E-state index is 13.6. The van der Waals surface area contributed by atoms with Crippen LogP contribution in [0.25, 0.3) is 11.3 Å². The van der Waals surface area contributed by atoms with E-state index in [2.05, 4.69) is 29.2 Å². The first-order chi connectivity index (χ1) is 23.9. The standard InChI is InChI=1S/C39H45N7O3/c40-34(29-9-3-1-4-10-29)38(48)45-21-7-13-32(45)36-42-25-31(43-36)28-17-15-26(16-18-28)27-19-23-44(24-20-27)37(47)33-14-8-22-46(33)39(49)35(41)30-11-5-2-6-12-30/h1-6,9-12,15-18,25,27,32-35H,7-8,13-14,19-24,40-41H2,(H,42,43)/t32?,33?,34-,35?/m1/s1. The van der Waals surface area contributed by atoms with Crippen LogP contribution < -0.4 is 11.5 Å². The number of nitrogens with zero attached hydrogens (tertiary/aromatic N) is 4. The molecule has 7 rings (SSSR count). The van der Waals surface area contributed by atoms with Crippen molar-refractivity contribution in [3.05, 3.63) is 114 Å². The number of aromatic amines is 1. The normalized spacial score (nSPS) is 21.1. The van der Waals surface area contributed by atoms with Crippen molar-refractivity contribution in [2.45, 2.75) is 68.6 Å². The first-order valence-electron chi connectivity index (χ1n) is 17.5. The smallest absolute Gasteiger partial charge is 0.245 e. The zero-order chi connectivity index (χ0) is 33.9. The lowest BCUT2D eigenvalue weighted by atomic mass is 9.88. The Hall–Kier alpha value is -4.80. The van der Waals surface area contributed by atoms with Gasteiger partial charge in [-0.05, 0) is 66.7 Å². The van der Waals surface area contributed by atoms with Gasteiger partial charge < -0.3 is 31.2 Å². The first kappa shape index (κ1) is 32.7. The Labute approximate surface area is 287 Å². The van der Waals surface area contributed by atoms with Crippen LogP contribution in [0.4, 0.5) is 0 Å². The highest BCUT2D eigenvalue weighted by atomic mass is 16.2. The second-order valence-corrected chi connectivity index (χ2v) is 13.6.